The molecule has 7 rings (SSSR count). The molecule has 55 heavy (non-hydrogen) atoms. The molecule has 14 heteroatoms. The number of likely N-dealkylation sites (tertiary alicyclic amines) is 1. The van der Waals surface area contributed by atoms with Crippen LogP contribution in [0.25, 0.3) is 0 Å². The van der Waals surface area contributed by atoms with Crippen molar-refractivity contribution in [2.45, 2.75) is 180 Å². The quantitative estimate of drug-likeness (QED) is 0.208. The average molecular weight is 787 g/mol. The van der Waals surface area contributed by atoms with Crippen LogP contribution >= 0.6 is 0 Å². The maximum atomic E-state index is 15.1. The molecule has 2 spiro atoms. The third-order valence-corrected chi connectivity index (χ3v) is 17.0. The predicted octanol–water partition coefficient (Wildman–Crippen LogP) is 4.25. The Hall–Kier alpha value is -2.90. The molecule has 0 radical (unpaired) electrons. The van der Waals surface area contributed by atoms with E-state index in [1.54, 1.807) is 4.90 Å². The summed E-state index contributed by atoms with van der Waals surface area (Å²) in [4.78, 5) is 72.9. The van der Waals surface area contributed by atoms with Crippen LogP contribution in [-0.4, -0.2) is 84.0 Å². The van der Waals surface area contributed by atoms with E-state index in [1.807, 2.05) is 41.5 Å². The molecule has 308 valence electrons. The Labute approximate surface area is 327 Å². The molecule has 1 aliphatic heterocycles. The zero-order valence-corrected chi connectivity index (χ0v) is 35.2. The molecule has 0 unspecified atom stereocenters. The lowest BCUT2D eigenvalue weighted by Crippen LogP contribution is -2.63. The number of nitrogens with one attached hydrogen (secondary N) is 5. The van der Waals surface area contributed by atoms with Crippen molar-refractivity contribution < 1.29 is 32.4 Å². The molecule has 1 saturated heterocycles. The molecule has 0 bridgehead atoms. The van der Waals surface area contributed by atoms with E-state index in [0.29, 0.717) is 32.2 Å². The highest BCUT2D eigenvalue weighted by atomic mass is 32.2. The van der Waals surface area contributed by atoms with Gasteiger partial charge >= 0.3 is 6.03 Å². The first-order valence-corrected chi connectivity index (χ1v) is 22.6. The fourth-order valence-electron chi connectivity index (χ4n) is 11.3. The Morgan fingerprint density at radius 1 is 0.782 bits per heavy atom. The molecule has 6 amide bonds. The van der Waals surface area contributed by atoms with Crippen molar-refractivity contribution >= 4 is 39.7 Å². The van der Waals surface area contributed by atoms with Crippen molar-refractivity contribution in [3.63, 3.8) is 0 Å². The third-order valence-electron chi connectivity index (χ3n) is 15.1. The standard InChI is InChI=1S/C41H66N6O7S/c1-36(2,3)30(43-32(49)29(25-13-10-9-11-14-25)42-35(52)45-37(4,5)6)33(50)47-23-40(38(7,8)39(40)19-12-20-39)22-28(47)31(48)44-41(21-27(41)24-15-16-24)34(51)46-55(53,54)26-17-18-26/h24-30H,9-23H2,1-8H3,(H,43,49)(H,44,48)(H,46,51)(H2,42,45,52)/t27-,28-,29-,30+,40+,41+/m0/s1. The van der Waals surface area contributed by atoms with Gasteiger partial charge in [-0.3, -0.25) is 23.9 Å². The summed E-state index contributed by atoms with van der Waals surface area (Å²) in [6.45, 7) is 16.1. The van der Waals surface area contributed by atoms with Gasteiger partial charge in [-0.1, -0.05) is 60.3 Å². The Bertz CT molecular complexity index is 1720. The molecule has 6 aliphatic carbocycles. The van der Waals surface area contributed by atoms with E-state index in [2.05, 4.69) is 39.8 Å². The molecular weight excluding hydrogens is 721 g/mol. The van der Waals surface area contributed by atoms with E-state index < -0.39 is 73.6 Å². The smallest absolute Gasteiger partial charge is 0.315 e. The number of carbonyl (C=O) groups is 5. The van der Waals surface area contributed by atoms with Gasteiger partial charge in [0.25, 0.3) is 5.91 Å². The number of fused-ring (bicyclic) bond motifs is 1. The van der Waals surface area contributed by atoms with E-state index in [9.17, 15) is 27.6 Å². The minimum Gasteiger partial charge on any atom is -0.342 e. The number of hydrogen-bond acceptors (Lipinski definition) is 7. The van der Waals surface area contributed by atoms with E-state index in [1.165, 1.54) is 0 Å². The number of nitrogens with zero attached hydrogens (tertiary/aromatic N) is 1. The van der Waals surface area contributed by atoms with Crippen molar-refractivity contribution in [2.75, 3.05) is 6.54 Å². The summed E-state index contributed by atoms with van der Waals surface area (Å²) in [5, 5.41) is 11.4. The summed E-state index contributed by atoms with van der Waals surface area (Å²) in [6.07, 6.45) is 11.4. The summed E-state index contributed by atoms with van der Waals surface area (Å²) in [5.74, 6) is -1.88. The van der Waals surface area contributed by atoms with Crippen molar-refractivity contribution in [2.24, 2.45) is 39.4 Å². The SMILES string of the molecule is CC(C)(C)NC(=O)N[C@H](C(=O)N[C@H](C(=O)N1C[C@]2(C[C@H]1C(=O)N[C@]1(C(=O)NS(=O)(=O)C3CC3)C[C@H]1C1CC1)C(C)(C)C21CCC1)C(C)(C)C)C1CCCCC1. The molecule has 0 aromatic carbocycles. The topological polar surface area (TPSA) is 183 Å². The zero-order valence-electron chi connectivity index (χ0n) is 34.4. The lowest BCUT2D eigenvalue weighted by atomic mass is 9.73. The Morgan fingerprint density at radius 3 is 1.93 bits per heavy atom. The van der Waals surface area contributed by atoms with Crippen LogP contribution in [0.4, 0.5) is 4.79 Å². The molecule has 5 N–H and O–H groups in total. The number of carbonyl (C=O) groups excluding carboxylic acids is 5. The highest BCUT2D eigenvalue weighted by Gasteiger charge is 2.85. The van der Waals surface area contributed by atoms with Gasteiger partial charge in [0, 0.05) is 17.5 Å². The van der Waals surface area contributed by atoms with Gasteiger partial charge in [-0.05, 0) is 119 Å². The second-order valence-electron chi connectivity index (χ2n) is 21.1. The van der Waals surface area contributed by atoms with E-state index in [4.69, 9.17) is 0 Å². The van der Waals surface area contributed by atoms with Gasteiger partial charge in [0.15, 0.2) is 0 Å². The van der Waals surface area contributed by atoms with Crippen LogP contribution in [0.2, 0.25) is 0 Å². The summed E-state index contributed by atoms with van der Waals surface area (Å²) in [5.41, 5.74) is -3.01. The van der Waals surface area contributed by atoms with Gasteiger partial charge in [0.2, 0.25) is 27.7 Å². The maximum absolute atomic E-state index is 15.1. The van der Waals surface area contributed by atoms with Gasteiger partial charge in [-0.25, -0.2) is 13.2 Å². The second kappa shape index (κ2) is 13.3. The summed E-state index contributed by atoms with van der Waals surface area (Å²) >= 11 is 0. The first-order chi connectivity index (χ1) is 25.5. The maximum Gasteiger partial charge on any atom is 0.315 e. The number of hydrogen-bond donors (Lipinski definition) is 5. The zero-order chi connectivity index (χ0) is 40.1. The fourth-order valence-corrected chi connectivity index (χ4v) is 12.7. The average Bonchev–Trinajstić information content (AvgIpc) is 3.89. The van der Waals surface area contributed by atoms with E-state index >= 15 is 4.79 Å². The molecule has 6 saturated carbocycles. The number of amides is 6. The molecule has 7 fully saturated rings. The van der Waals surface area contributed by atoms with Gasteiger partial charge in [-0.15, -0.1) is 0 Å². The van der Waals surface area contributed by atoms with Crippen LogP contribution in [-0.2, 0) is 29.2 Å². The molecule has 0 aromatic rings. The Balaban J connectivity index is 1.16. The number of rotatable bonds is 11. The Kier molecular flexibility index (Phi) is 9.77. The lowest BCUT2D eigenvalue weighted by Gasteiger charge is -2.38. The van der Waals surface area contributed by atoms with Crippen LogP contribution < -0.4 is 26.0 Å². The molecule has 0 aromatic heterocycles. The fraction of sp³-hybridized carbons (Fsp3) is 0.878. The normalized spacial score (nSPS) is 32.2. The molecular formula is C41H66N6O7S. The van der Waals surface area contributed by atoms with Crippen LogP contribution in [0.15, 0.2) is 0 Å². The first-order valence-electron chi connectivity index (χ1n) is 21.1. The van der Waals surface area contributed by atoms with Crippen LogP contribution in [0, 0.1) is 39.4 Å². The van der Waals surface area contributed by atoms with Gasteiger partial charge in [0.1, 0.15) is 23.7 Å². The minimum atomic E-state index is -3.83. The summed E-state index contributed by atoms with van der Waals surface area (Å²) < 4.78 is 28.1. The summed E-state index contributed by atoms with van der Waals surface area (Å²) in [6, 6.07) is -3.19. The van der Waals surface area contributed by atoms with Crippen LogP contribution in [0.5, 0.6) is 0 Å². The predicted molar refractivity (Wildman–Crippen MR) is 208 cm³/mol. The third kappa shape index (κ3) is 7.06. The van der Waals surface area contributed by atoms with Crippen molar-refractivity contribution in [3.8, 4) is 0 Å². The molecule has 7 aliphatic rings. The lowest BCUT2D eigenvalue weighted by molar-refractivity contribution is -0.145. The number of sulfonamides is 1. The highest BCUT2D eigenvalue weighted by molar-refractivity contribution is 7.91. The van der Waals surface area contributed by atoms with Crippen molar-refractivity contribution in [1.29, 1.82) is 0 Å². The monoisotopic (exact) mass is 786 g/mol. The Morgan fingerprint density at radius 2 is 1.42 bits per heavy atom. The molecule has 13 nitrogen and oxygen atoms in total. The highest BCUT2D eigenvalue weighted by Crippen LogP contribution is 2.88. The van der Waals surface area contributed by atoms with Crippen molar-refractivity contribution in [1.82, 2.24) is 30.9 Å². The van der Waals surface area contributed by atoms with Gasteiger partial charge in [-0.2, -0.15) is 0 Å². The molecule has 6 atom stereocenters. The number of urea groups is 1. The second-order valence-corrected chi connectivity index (χ2v) is 23.1. The van der Waals surface area contributed by atoms with Gasteiger partial charge < -0.3 is 26.2 Å². The minimum absolute atomic E-state index is 0.00792. The largest absolute Gasteiger partial charge is 0.342 e. The van der Waals surface area contributed by atoms with Crippen LogP contribution in [0.3, 0.4) is 0 Å². The van der Waals surface area contributed by atoms with E-state index in [-0.39, 0.29) is 39.9 Å². The first kappa shape index (κ1) is 40.3. The van der Waals surface area contributed by atoms with Crippen molar-refractivity contribution in [3.05, 3.63) is 0 Å². The van der Waals surface area contributed by atoms with E-state index in [0.717, 1.165) is 64.2 Å². The van der Waals surface area contributed by atoms with Crippen LogP contribution in [0.1, 0.15) is 145 Å². The molecule has 1 heterocycles. The summed E-state index contributed by atoms with van der Waals surface area (Å²) in [7, 11) is -3.83. The van der Waals surface area contributed by atoms with Gasteiger partial charge in [0.05, 0.1) is 5.25 Å².